The lowest BCUT2D eigenvalue weighted by molar-refractivity contribution is -0.515. The summed E-state index contributed by atoms with van der Waals surface area (Å²) in [5.74, 6) is -2.44. The molecule has 0 aliphatic carbocycles. The third kappa shape index (κ3) is 4.38. The fourth-order valence-electron chi connectivity index (χ4n) is 2.86. The minimum atomic E-state index is -1.43. The summed E-state index contributed by atoms with van der Waals surface area (Å²) in [6.07, 6.45) is 2.77. The van der Waals surface area contributed by atoms with Crippen molar-refractivity contribution in [2.45, 2.75) is 31.7 Å². The second-order valence-electron chi connectivity index (χ2n) is 5.51. The van der Waals surface area contributed by atoms with Crippen LogP contribution in [0.2, 0.25) is 0 Å². The molecule has 23 heavy (non-hydrogen) atoms. The van der Waals surface area contributed by atoms with E-state index >= 15 is 0 Å². The third-order valence-electron chi connectivity index (χ3n) is 3.93. The van der Waals surface area contributed by atoms with Crippen LogP contribution in [0, 0.1) is 16.0 Å². The largest absolute Gasteiger partial charge is 0.481 e. The monoisotopic (exact) mass is 318 g/mol. The molecule has 1 aromatic rings. The fraction of sp³-hybridized carbons (Fsp3) is 0.375. The quantitative estimate of drug-likeness (QED) is 0.588. The molecule has 0 saturated heterocycles. The van der Waals surface area contributed by atoms with Gasteiger partial charge in [0.25, 0.3) is 11.9 Å². The smallest absolute Gasteiger partial charge is 0.307 e. The maximum atomic E-state index is 11.8. The Labute approximate surface area is 133 Å². The number of rotatable bonds is 7. The number of nitrogens with zero attached hydrogens (tertiary/aromatic N) is 1. The zero-order valence-corrected chi connectivity index (χ0v) is 12.5. The van der Waals surface area contributed by atoms with Gasteiger partial charge in [0.15, 0.2) is 0 Å². The summed E-state index contributed by atoms with van der Waals surface area (Å²) in [4.78, 5) is 33.3. The van der Waals surface area contributed by atoms with Gasteiger partial charge in [-0.05, 0) is 30.4 Å². The first-order valence-electron chi connectivity index (χ1n) is 7.37. The average molecular weight is 318 g/mol. The van der Waals surface area contributed by atoms with Crippen LogP contribution >= 0.6 is 0 Å². The molecular weight excluding hydrogens is 300 g/mol. The highest BCUT2D eigenvalue weighted by Gasteiger charge is 2.43. The average Bonchev–Trinajstić information content (AvgIpc) is 2.50. The molecule has 1 aromatic carbocycles. The van der Waals surface area contributed by atoms with E-state index in [2.05, 4.69) is 5.32 Å². The Bertz CT molecular complexity index is 627. The summed E-state index contributed by atoms with van der Waals surface area (Å²) < 4.78 is 0. The number of carboxylic acids is 1. The summed E-state index contributed by atoms with van der Waals surface area (Å²) in [6.45, 7) is 0. The Morgan fingerprint density at radius 3 is 2.61 bits per heavy atom. The molecule has 2 atom stereocenters. The molecule has 7 nitrogen and oxygen atoms in total. The van der Waals surface area contributed by atoms with Gasteiger partial charge >= 0.3 is 5.97 Å². The summed E-state index contributed by atoms with van der Waals surface area (Å²) in [5.41, 5.74) is 1.50. The molecule has 2 N–H and O–H groups in total. The van der Waals surface area contributed by atoms with Crippen LogP contribution < -0.4 is 5.32 Å². The van der Waals surface area contributed by atoms with Crippen LogP contribution in [-0.4, -0.2) is 27.9 Å². The molecular formula is C16H18N2O5. The summed E-state index contributed by atoms with van der Waals surface area (Å²) in [7, 11) is 0. The van der Waals surface area contributed by atoms with Gasteiger partial charge in [0.1, 0.15) is 0 Å². The van der Waals surface area contributed by atoms with Crippen molar-refractivity contribution in [3.05, 3.63) is 57.8 Å². The number of hydrogen-bond donors (Lipinski definition) is 2. The SMILES string of the molecule is O=C(O)CC1=CNC(=O)C([N+](=O)[O-])C1CCCc1ccccc1. The van der Waals surface area contributed by atoms with Crippen molar-refractivity contribution in [3.8, 4) is 0 Å². The molecule has 0 bridgehead atoms. The standard InChI is InChI=1S/C16H18N2O5/c19-14(20)9-12-10-17-16(21)15(18(22)23)13(12)8-4-7-11-5-2-1-3-6-11/h1-3,5-6,10,13,15H,4,7-9H2,(H,17,21)(H,19,20). The van der Waals surface area contributed by atoms with Gasteiger partial charge in [-0.1, -0.05) is 30.3 Å². The van der Waals surface area contributed by atoms with E-state index in [0.717, 1.165) is 12.0 Å². The third-order valence-corrected chi connectivity index (χ3v) is 3.93. The zero-order valence-electron chi connectivity index (χ0n) is 12.5. The van der Waals surface area contributed by atoms with Gasteiger partial charge < -0.3 is 10.4 Å². The van der Waals surface area contributed by atoms with E-state index in [1.54, 1.807) is 0 Å². The van der Waals surface area contributed by atoms with Crippen LogP contribution in [0.5, 0.6) is 0 Å². The van der Waals surface area contributed by atoms with Crippen LogP contribution in [0.3, 0.4) is 0 Å². The number of benzene rings is 1. The number of hydrogen-bond acceptors (Lipinski definition) is 4. The van der Waals surface area contributed by atoms with Gasteiger partial charge in [-0.2, -0.15) is 0 Å². The van der Waals surface area contributed by atoms with Crippen molar-refractivity contribution in [1.29, 1.82) is 0 Å². The first-order valence-corrected chi connectivity index (χ1v) is 7.37. The number of carboxylic acid groups (broad SMARTS) is 1. The van der Waals surface area contributed by atoms with Gasteiger partial charge in [0.2, 0.25) is 0 Å². The molecule has 1 heterocycles. The van der Waals surface area contributed by atoms with Crippen LogP contribution in [0.4, 0.5) is 0 Å². The minimum absolute atomic E-state index is 0.305. The van der Waals surface area contributed by atoms with E-state index in [1.165, 1.54) is 6.20 Å². The molecule has 1 aliphatic heterocycles. The second-order valence-corrected chi connectivity index (χ2v) is 5.51. The van der Waals surface area contributed by atoms with E-state index < -0.39 is 28.8 Å². The first kappa shape index (κ1) is 16.7. The number of aliphatic carboxylic acids is 1. The summed E-state index contributed by atoms with van der Waals surface area (Å²) in [5, 5.41) is 22.5. The lowest BCUT2D eigenvalue weighted by Gasteiger charge is -2.26. The van der Waals surface area contributed by atoms with Crippen molar-refractivity contribution < 1.29 is 19.6 Å². The van der Waals surface area contributed by atoms with Gasteiger partial charge in [-0.25, -0.2) is 0 Å². The molecule has 1 amide bonds. The maximum absolute atomic E-state index is 11.8. The maximum Gasteiger partial charge on any atom is 0.307 e. The highest BCUT2D eigenvalue weighted by atomic mass is 16.6. The van der Waals surface area contributed by atoms with Crippen LogP contribution in [-0.2, 0) is 16.0 Å². The molecule has 0 radical (unpaired) electrons. The lowest BCUT2D eigenvalue weighted by atomic mass is 9.83. The molecule has 2 unspecified atom stereocenters. The van der Waals surface area contributed by atoms with E-state index in [0.29, 0.717) is 18.4 Å². The van der Waals surface area contributed by atoms with E-state index in [4.69, 9.17) is 5.11 Å². The highest BCUT2D eigenvalue weighted by molar-refractivity contribution is 5.84. The predicted molar refractivity (Wildman–Crippen MR) is 82.1 cm³/mol. The van der Waals surface area contributed by atoms with Gasteiger partial charge in [-0.15, -0.1) is 0 Å². The van der Waals surface area contributed by atoms with Gasteiger partial charge in [0.05, 0.1) is 12.3 Å². The molecule has 2 rings (SSSR count). The van der Waals surface area contributed by atoms with E-state index in [1.807, 2.05) is 30.3 Å². The summed E-state index contributed by atoms with van der Waals surface area (Å²) in [6, 6.07) is 8.24. The molecule has 0 aromatic heterocycles. The summed E-state index contributed by atoms with van der Waals surface area (Å²) >= 11 is 0. The molecule has 7 heteroatoms. The number of nitro groups is 1. The molecule has 0 spiro atoms. The topological polar surface area (TPSA) is 110 Å². The van der Waals surface area contributed by atoms with Gasteiger partial charge in [0, 0.05) is 11.1 Å². The zero-order chi connectivity index (χ0) is 16.8. The van der Waals surface area contributed by atoms with Gasteiger partial charge in [-0.3, -0.25) is 19.7 Å². The van der Waals surface area contributed by atoms with Crippen LogP contribution in [0.25, 0.3) is 0 Å². The normalized spacial score (nSPS) is 20.5. The van der Waals surface area contributed by atoms with Crippen molar-refractivity contribution >= 4 is 11.9 Å². The highest BCUT2D eigenvalue weighted by Crippen LogP contribution is 2.29. The first-order chi connectivity index (χ1) is 11.0. The van der Waals surface area contributed by atoms with E-state index in [-0.39, 0.29) is 6.42 Å². The fourth-order valence-corrected chi connectivity index (χ4v) is 2.86. The van der Waals surface area contributed by atoms with Crippen LogP contribution in [0.15, 0.2) is 42.1 Å². The Kier molecular flexibility index (Phi) is 5.46. The second kappa shape index (κ2) is 7.53. The van der Waals surface area contributed by atoms with Crippen molar-refractivity contribution in [2.75, 3.05) is 0 Å². The molecule has 1 aliphatic rings. The number of amides is 1. The minimum Gasteiger partial charge on any atom is -0.481 e. The Morgan fingerprint density at radius 2 is 2.00 bits per heavy atom. The van der Waals surface area contributed by atoms with E-state index in [9.17, 15) is 19.7 Å². The Hall–Kier alpha value is -2.70. The number of carbonyl (C=O) groups is 2. The van der Waals surface area contributed by atoms with Crippen molar-refractivity contribution in [3.63, 3.8) is 0 Å². The molecule has 0 fully saturated rings. The molecule has 0 saturated carbocycles. The molecule has 122 valence electrons. The lowest BCUT2D eigenvalue weighted by Crippen LogP contribution is -2.47. The van der Waals surface area contributed by atoms with Crippen molar-refractivity contribution in [2.24, 2.45) is 5.92 Å². The number of aryl methyl sites for hydroxylation is 1. The van der Waals surface area contributed by atoms with Crippen molar-refractivity contribution in [1.82, 2.24) is 5.32 Å². The number of carbonyl (C=O) groups excluding carboxylic acids is 1. The van der Waals surface area contributed by atoms with Crippen LogP contribution in [0.1, 0.15) is 24.8 Å². The Morgan fingerprint density at radius 1 is 1.30 bits per heavy atom. The number of nitrogens with one attached hydrogen (secondary N) is 1. The Balaban J connectivity index is 2.09. The predicted octanol–water partition coefficient (Wildman–Crippen LogP) is 1.76.